The van der Waals surface area contributed by atoms with Crippen molar-refractivity contribution in [3.63, 3.8) is 0 Å². The van der Waals surface area contributed by atoms with Crippen LogP contribution in [0.5, 0.6) is 0 Å². The topological polar surface area (TPSA) is 67.6 Å². The number of rotatable bonds is 2. The van der Waals surface area contributed by atoms with Gasteiger partial charge >= 0.3 is 0 Å². The summed E-state index contributed by atoms with van der Waals surface area (Å²) in [5.74, 6) is 2.37. The maximum atomic E-state index is 5.74. The lowest BCUT2D eigenvalue weighted by molar-refractivity contribution is 0.562. The number of aromatic nitrogens is 3. The molecule has 4 nitrogen and oxygen atoms in total. The van der Waals surface area contributed by atoms with E-state index in [1.54, 1.807) is 0 Å². The maximum Gasteiger partial charge on any atom is 0.167 e. The van der Waals surface area contributed by atoms with Crippen LogP contribution >= 0.6 is 0 Å². The monoisotopic (exact) mass is 208 g/mol. The second kappa shape index (κ2) is 4.75. The first-order chi connectivity index (χ1) is 7.27. The predicted octanol–water partition coefficient (Wildman–Crippen LogP) is 2.26. The molecule has 1 aromatic rings. The largest absolute Gasteiger partial charge is 0.321 e. The Morgan fingerprint density at radius 3 is 2.47 bits per heavy atom. The van der Waals surface area contributed by atoms with Crippen LogP contribution in [0.3, 0.4) is 0 Å². The Morgan fingerprint density at radius 1 is 1.27 bits per heavy atom. The molecule has 1 aromatic heterocycles. The molecule has 1 atom stereocenters. The van der Waals surface area contributed by atoms with E-state index >= 15 is 0 Å². The summed E-state index contributed by atoms with van der Waals surface area (Å²) in [5.41, 5.74) is 5.74. The van der Waals surface area contributed by atoms with Crippen molar-refractivity contribution in [3.8, 4) is 0 Å². The number of nitrogens with zero attached hydrogens (tertiary/aromatic N) is 2. The lowest BCUT2D eigenvalue weighted by Gasteiger charge is -2.09. The van der Waals surface area contributed by atoms with Gasteiger partial charge in [0.2, 0.25) is 0 Å². The Hall–Kier alpha value is -0.900. The molecule has 0 saturated heterocycles. The second-order valence-corrected chi connectivity index (χ2v) is 4.56. The highest BCUT2D eigenvalue weighted by Gasteiger charge is 2.18. The molecule has 15 heavy (non-hydrogen) atoms. The summed E-state index contributed by atoms with van der Waals surface area (Å²) in [5, 5.41) is 7.20. The minimum absolute atomic E-state index is 0.0687. The Labute approximate surface area is 90.7 Å². The van der Waals surface area contributed by atoms with Gasteiger partial charge in [0.05, 0.1) is 6.04 Å². The van der Waals surface area contributed by atoms with Gasteiger partial charge in [0.25, 0.3) is 0 Å². The molecule has 0 bridgehead atoms. The summed E-state index contributed by atoms with van der Waals surface area (Å²) in [6.45, 7) is 1.92. The zero-order chi connectivity index (χ0) is 10.7. The van der Waals surface area contributed by atoms with Gasteiger partial charge in [-0.25, -0.2) is 4.98 Å². The number of nitrogens with one attached hydrogen (secondary N) is 1. The lowest BCUT2D eigenvalue weighted by atomic mass is 10.00. The molecule has 1 heterocycles. The van der Waals surface area contributed by atoms with Crippen molar-refractivity contribution in [3.05, 3.63) is 11.6 Å². The average Bonchev–Trinajstić information content (AvgIpc) is 2.55. The maximum absolute atomic E-state index is 5.74. The minimum atomic E-state index is -0.0687. The number of hydrogen-bond donors (Lipinski definition) is 2. The molecule has 0 spiro atoms. The zero-order valence-electron chi connectivity index (χ0n) is 9.37. The van der Waals surface area contributed by atoms with Gasteiger partial charge < -0.3 is 5.73 Å². The fourth-order valence-corrected chi connectivity index (χ4v) is 2.23. The number of nitrogens with two attached hydrogens (primary N) is 1. The Balaban J connectivity index is 2.06. The standard InChI is InChI=1S/C11H20N4/c1-8(12)10-13-11(15-14-10)9-6-4-2-3-5-7-9/h8-9H,2-7,12H2,1H3,(H,13,14,15). The van der Waals surface area contributed by atoms with Crippen molar-refractivity contribution < 1.29 is 0 Å². The average molecular weight is 208 g/mol. The third kappa shape index (κ3) is 2.56. The molecule has 1 saturated carbocycles. The van der Waals surface area contributed by atoms with Crippen LogP contribution in [0.2, 0.25) is 0 Å². The molecule has 1 aliphatic rings. The van der Waals surface area contributed by atoms with E-state index in [9.17, 15) is 0 Å². The molecule has 0 amide bonds. The van der Waals surface area contributed by atoms with E-state index in [1.165, 1.54) is 38.5 Å². The fraction of sp³-hybridized carbons (Fsp3) is 0.818. The summed E-state index contributed by atoms with van der Waals surface area (Å²) in [6, 6.07) is -0.0687. The number of aromatic amines is 1. The Kier molecular flexibility index (Phi) is 3.36. The van der Waals surface area contributed by atoms with Crippen molar-refractivity contribution in [1.82, 2.24) is 15.2 Å². The van der Waals surface area contributed by atoms with Crippen LogP contribution in [0, 0.1) is 0 Å². The van der Waals surface area contributed by atoms with Gasteiger partial charge in [0.15, 0.2) is 5.82 Å². The van der Waals surface area contributed by atoms with E-state index in [-0.39, 0.29) is 6.04 Å². The van der Waals surface area contributed by atoms with Gasteiger partial charge in [-0.1, -0.05) is 25.7 Å². The lowest BCUT2D eigenvalue weighted by Crippen LogP contribution is -2.07. The van der Waals surface area contributed by atoms with Gasteiger partial charge in [-0.3, -0.25) is 5.10 Å². The molecule has 0 aromatic carbocycles. The molecule has 1 aliphatic carbocycles. The Morgan fingerprint density at radius 2 is 1.93 bits per heavy atom. The number of H-pyrrole nitrogens is 1. The molecule has 3 N–H and O–H groups in total. The van der Waals surface area contributed by atoms with Crippen LogP contribution in [0.15, 0.2) is 0 Å². The molecule has 1 fully saturated rings. The highest BCUT2D eigenvalue weighted by atomic mass is 15.2. The third-order valence-corrected chi connectivity index (χ3v) is 3.17. The first-order valence-corrected chi connectivity index (χ1v) is 5.95. The molecular formula is C11H20N4. The first kappa shape index (κ1) is 10.6. The molecule has 84 valence electrons. The van der Waals surface area contributed by atoms with Gasteiger partial charge in [-0.05, 0) is 19.8 Å². The fourth-order valence-electron chi connectivity index (χ4n) is 2.23. The van der Waals surface area contributed by atoms with Crippen molar-refractivity contribution in [2.75, 3.05) is 0 Å². The van der Waals surface area contributed by atoms with E-state index in [2.05, 4.69) is 15.2 Å². The molecule has 0 radical (unpaired) electrons. The normalized spacial score (nSPS) is 21.2. The van der Waals surface area contributed by atoms with Crippen LogP contribution in [-0.2, 0) is 0 Å². The van der Waals surface area contributed by atoms with E-state index in [0.29, 0.717) is 5.92 Å². The molecule has 2 rings (SSSR count). The molecular weight excluding hydrogens is 188 g/mol. The quantitative estimate of drug-likeness (QED) is 0.732. The summed E-state index contributed by atoms with van der Waals surface area (Å²) in [4.78, 5) is 4.48. The summed E-state index contributed by atoms with van der Waals surface area (Å²) < 4.78 is 0. The number of hydrogen-bond acceptors (Lipinski definition) is 3. The highest BCUT2D eigenvalue weighted by molar-refractivity contribution is 5.00. The van der Waals surface area contributed by atoms with E-state index < -0.39 is 0 Å². The third-order valence-electron chi connectivity index (χ3n) is 3.17. The first-order valence-electron chi connectivity index (χ1n) is 5.95. The Bertz CT molecular complexity index is 297. The van der Waals surface area contributed by atoms with Crippen LogP contribution in [-0.4, -0.2) is 15.2 Å². The smallest absolute Gasteiger partial charge is 0.167 e. The summed E-state index contributed by atoms with van der Waals surface area (Å²) >= 11 is 0. The van der Waals surface area contributed by atoms with Crippen LogP contribution < -0.4 is 5.73 Å². The van der Waals surface area contributed by atoms with Crippen LogP contribution in [0.4, 0.5) is 0 Å². The van der Waals surface area contributed by atoms with E-state index in [1.807, 2.05) is 6.92 Å². The minimum Gasteiger partial charge on any atom is -0.321 e. The zero-order valence-corrected chi connectivity index (χ0v) is 9.37. The SMILES string of the molecule is CC(N)c1n[nH]c(C2CCCCCC2)n1. The van der Waals surface area contributed by atoms with Crippen molar-refractivity contribution in [1.29, 1.82) is 0 Å². The van der Waals surface area contributed by atoms with Crippen molar-refractivity contribution in [2.45, 2.75) is 57.4 Å². The summed E-state index contributed by atoms with van der Waals surface area (Å²) in [6.07, 6.45) is 7.86. The van der Waals surface area contributed by atoms with Gasteiger partial charge in [-0.2, -0.15) is 5.10 Å². The van der Waals surface area contributed by atoms with E-state index in [0.717, 1.165) is 11.6 Å². The van der Waals surface area contributed by atoms with Crippen molar-refractivity contribution >= 4 is 0 Å². The van der Waals surface area contributed by atoms with Crippen LogP contribution in [0.1, 0.15) is 69.1 Å². The highest BCUT2D eigenvalue weighted by Crippen LogP contribution is 2.29. The van der Waals surface area contributed by atoms with Crippen LogP contribution in [0.25, 0.3) is 0 Å². The molecule has 1 unspecified atom stereocenters. The van der Waals surface area contributed by atoms with E-state index in [4.69, 9.17) is 5.73 Å². The second-order valence-electron chi connectivity index (χ2n) is 4.56. The molecule has 4 heteroatoms. The van der Waals surface area contributed by atoms with Gasteiger partial charge in [-0.15, -0.1) is 0 Å². The predicted molar refractivity (Wildman–Crippen MR) is 59.4 cm³/mol. The van der Waals surface area contributed by atoms with Crippen molar-refractivity contribution in [2.24, 2.45) is 5.73 Å². The molecule has 0 aliphatic heterocycles. The summed E-state index contributed by atoms with van der Waals surface area (Å²) in [7, 11) is 0. The van der Waals surface area contributed by atoms with Gasteiger partial charge in [0.1, 0.15) is 5.82 Å². The van der Waals surface area contributed by atoms with Gasteiger partial charge in [0, 0.05) is 5.92 Å².